The molecular formula is C24H20ClN3O4. The monoisotopic (exact) mass is 449 g/mol. The van der Waals surface area contributed by atoms with Crippen molar-refractivity contribution in [3.8, 4) is 22.8 Å². The van der Waals surface area contributed by atoms with Gasteiger partial charge in [0, 0.05) is 29.7 Å². The molecule has 0 fully saturated rings. The van der Waals surface area contributed by atoms with Crippen LogP contribution in [0.2, 0.25) is 5.02 Å². The van der Waals surface area contributed by atoms with E-state index in [1.165, 1.54) is 0 Å². The number of nitrogens with zero attached hydrogens (tertiary/aromatic N) is 2. The van der Waals surface area contributed by atoms with Crippen LogP contribution in [0, 0.1) is 6.92 Å². The fourth-order valence-electron chi connectivity index (χ4n) is 3.18. The number of carbonyl (C=O) groups is 1. The first kappa shape index (κ1) is 21.4. The summed E-state index contributed by atoms with van der Waals surface area (Å²) in [5, 5.41) is 7.40. The molecule has 0 spiro atoms. The first-order chi connectivity index (χ1) is 15.6. The van der Waals surface area contributed by atoms with Gasteiger partial charge in [-0.1, -0.05) is 35.0 Å². The standard InChI is InChI=1S/C24H20ClN3O4/c1-15-22(23(28-32-15)18-5-3-4-6-19(18)25)24(29)27-17-7-8-20(30-2)21(13-17)31-14-16-9-11-26-12-10-16/h3-13H,14H2,1-2H3,(H,27,29). The van der Waals surface area contributed by atoms with Crippen LogP contribution in [0.15, 0.2) is 71.5 Å². The largest absolute Gasteiger partial charge is 0.493 e. The molecule has 8 heteroatoms. The third-order valence-corrected chi connectivity index (χ3v) is 5.11. The summed E-state index contributed by atoms with van der Waals surface area (Å²) in [6.07, 6.45) is 3.40. The van der Waals surface area contributed by atoms with Crippen LogP contribution < -0.4 is 14.8 Å². The Bertz CT molecular complexity index is 1240. The Balaban J connectivity index is 1.58. The molecule has 1 amide bonds. The Morgan fingerprint density at radius 2 is 1.88 bits per heavy atom. The van der Waals surface area contributed by atoms with Gasteiger partial charge < -0.3 is 19.3 Å². The molecule has 0 aliphatic heterocycles. The van der Waals surface area contributed by atoms with E-state index in [1.807, 2.05) is 24.3 Å². The maximum absolute atomic E-state index is 13.1. The third-order valence-electron chi connectivity index (χ3n) is 4.78. The van der Waals surface area contributed by atoms with E-state index in [2.05, 4.69) is 15.5 Å². The van der Waals surface area contributed by atoms with E-state index in [1.54, 1.807) is 56.8 Å². The zero-order valence-electron chi connectivity index (χ0n) is 17.5. The molecule has 4 rings (SSSR count). The van der Waals surface area contributed by atoms with Crippen molar-refractivity contribution in [1.82, 2.24) is 10.1 Å². The smallest absolute Gasteiger partial charge is 0.261 e. The minimum Gasteiger partial charge on any atom is -0.493 e. The van der Waals surface area contributed by atoms with Crippen LogP contribution >= 0.6 is 11.6 Å². The number of pyridine rings is 1. The van der Waals surface area contributed by atoms with E-state index in [4.69, 9.17) is 25.6 Å². The Morgan fingerprint density at radius 3 is 2.62 bits per heavy atom. The zero-order chi connectivity index (χ0) is 22.5. The van der Waals surface area contributed by atoms with E-state index in [0.717, 1.165) is 5.56 Å². The second kappa shape index (κ2) is 9.53. The molecule has 7 nitrogen and oxygen atoms in total. The van der Waals surface area contributed by atoms with Gasteiger partial charge in [0.15, 0.2) is 11.5 Å². The number of methoxy groups -OCH3 is 1. The number of nitrogens with one attached hydrogen (secondary N) is 1. The van der Waals surface area contributed by atoms with Crippen LogP contribution in [0.1, 0.15) is 21.7 Å². The molecular weight excluding hydrogens is 430 g/mol. The van der Waals surface area contributed by atoms with Crippen molar-refractivity contribution in [2.24, 2.45) is 0 Å². The second-order valence-corrected chi connectivity index (χ2v) is 7.31. The molecule has 162 valence electrons. The molecule has 0 saturated heterocycles. The number of hydrogen-bond donors (Lipinski definition) is 1. The number of rotatable bonds is 7. The Kier molecular flexibility index (Phi) is 6.37. The van der Waals surface area contributed by atoms with Gasteiger partial charge in [0.1, 0.15) is 23.6 Å². The number of benzene rings is 2. The molecule has 0 unspecified atom stereocenters. The summed E-state index contributed by atoms with van der Waals surface area (Å²) >= 11 is 6.30. The average molecular weight is 450 g/mol. The summed E-state index contributed by atoms with van der Waals surface area (Å²) in [7, 11) is 1.56. The fraction of sp³-hybridized carbons (Fsp3) is 0.125. The van der Waals surface area contributed by atoms with Gasteiger partial charge >= 0.3 is 0 Å². The number of halogens is 1. The SMILES string of the molecule is COc1ccc(NC(=O)c2c(-c3ccccc3Cl)noc2C)cc1OCc1ccncc1. The van der Waals surface area contributed by atoms with Crippen molar-refractivity contribution in [2.75, 3.05) is 12.4 Å². The number of ether oxygens (including phenoxy) is 2. The summed E-state index contributed by atoms with van der Waals surface area (Å²) in [5.41, 5.74) is 2.81. The molecule has 2 aromatic carbocycles. The van der Waals surface area contributed by atoms with Gasteiger partial charge in [-0.3, -0.25) is 9.78 Å². The number of carbonyl (C=O) groups excluding carboxylic acids is 1. The predicted molar refractivity (Wildman–Crippen MR) is 121 cm³/mol. The highest BCUT2D eigenvalue weighted by Crippen LogP contribution is 2.33. The molecule has 0 aliphatic carbocycles. The van der Waals surface area contributed by atoms with E-state index in [9.17, 15) is 4.79 Å². The molecule has 1 N–H and O–H groups in total. The van der Waals surface area contributed by atoms with Crippen LogP contribution in [0.25, 0.3) is 11.3 Å². The highest BCUT2D eigenvalue weighted by molar-refractivity contribution is 6.33. The first-order valence-corrected chi connectivity index (χ1v) is 10.2. The van der Waals surface area contributed by atoms with Crippen molar-refractivity contribution >= 4 is 23.2 Å². The fourth-order valence-corrected chi connectivity index (χ4v) is 3.40. The molecule has 2 heterocycles. The highest BCUT2D eigenvalue weighted by atomic mass is 35.5. The lowest BCUT2D eigenvalue weighted by molar-refractivity contribution is 0.102. The number of aryl methyl sites for hydroxylation is 1. The van der Waals surface area contributed by atoms with Crippen molar-refractivity contribution in [2.45, 2.75) is 13.5 Å². The lowest BCUT2D eigenvalue weighted by Crippen LogP contribution is -2.13. The lowest BCUT2D eigenvalue weighted by Gasteiger charge is -2.13. The number of anilines is 1. The Morgan fingerprint density at radius 1 is 1.09 bits per heavy atom. The van der Waals surface area contributed by atoms with Gasteiger partial charge in [-0.2, -0.15) is 0 Å². The van der Waals surface area contributed by atoms with Crippen molar-refractivity contribution < 1.29 is 18.8 Å². The molecule has 0 saturated carbocycles. The van der Waals surface area contributed by atoms with Crippen LogP contribution in [-0.2, 0) is 6.61 Å². The second-order valence-electron chi connectivity index (χ2n) is 6.91. The molecule has 0 aliphatic rings. The molecule has 0 atom stereocenters. The molecule has 0 radical (unpaired) electrons. The minimum absolute atomic E-state index is 0.313. The van der Waals surface area contributed by atoms with Crippen molar-refractivity contribution in [3.63, 3.8) is 0 Å². The van der Waals surface area contributed by atoms with Crippen LogP contribution in [0.4, 0.5) is 5.69 Å². The third kappa shape index (κ3) is 4.58. The predicted octanol–water partition coefficient (Wildman–Crippen LogP) is 5.54. The van der Waals surface area contributed by atoms with Crippen LogP contribution in [0.5, 0.6) is 11.5 Å². The summed E-state index contributed by atoms with van der Waals surface area (Å²) in [6.45, 7) is 2.01. The van der Waals surface area contributed by atoms with Crippen molar-refractivity contribution in [3.05, 3.63) is 88.9 Å². The number of amides is 1. The first-order valence-electron chi connectivity index (χ1n) is 9.79. The summed E-state index contributed by atoms with van der Waals surface area (Å²) < 4.78 is 16.6. The number of hydrogen-bond acceptors (Lipinski definition) is 6. The summed E-state index contributed by atoms with van der Waals surface area (Å²) in [4.78, 5) is 17.1. The molecule has 4 aromatic rings. The molecule has 32 heavy (non-hydrogen) atoms. The molecule has 0 bridgehead atoms. The summed E-state index contributed by atoms with van der Waals surface area (Å²) in [5.74, 6) is 1.06. The van der Waals surface area contributed by atoms with E-state index in [0.29, 0.717) is 51.4 Å². The van der Waals surface area contributed by atoms with E-state index < -0.39 is 0 Å². The quantitative estimate of drug-likeness (QED) is 0.398. The van der Waals surface area contributed by atoms with Gasteiger partial charge in [0.05, 0.1) is 12.1 Å². The maximum atomic E-state index is 13.1. The Labute approximate surface area is 189 Å². The topological polar surface area (TPSA) is 86.5 Å². The highest BCUT2D eigenvalue weighted by Gasteiger charge is 2.23. The number of aromatic nitrogens is 2. The molecule has 2 aromatic heterocycles. The van der Waals surface area contributed by atoms with Crippen molar-refractivity contribution in [1.29, 1.82) is 0 Å². The van der Waals surface area contributed by atoms with Gasteiger partial charge in [0.25, 0.3) is 5.91 Å². The normalized spacial score (nSPS) is 10.6. The van der Waals surface area contributed by atoms with Crippen LogP contribution in [-0.4, -0.2) is 23.2 Å². The van der Waals surface area contributed by atoms with E-state index >= 15 is 0 Å². The van der Waals surface area contributed by atoms with Crippen LogP contribution in [0.3, 0.4) is 0 Å². The lowest BCUT2D eigenvalue weighted by atomic mass is 10.1. The zero-order valence-corrected chi connectivity index (χ0v) is 18.2. The van der Waals surface area contributed by atoms with Gasteiger partial charge in [-0.05, 0) is 42.8 Å². The van der Waals surface area contributed by atoms with Gasteiger partial charge in [-0.25, -0.2) is 0 Å². The van der Waals surface area contributed by atoms with Gasteiger partial charge in [-0.15, -0.1) is 0 Å². The maximum Gasteiger partial charge on any atom is 0.261 e. The Hall–Kier alpha value is -3.84. The van der Waals surface area contributed by atoms with Gasteiger partial charge in [0.2, 0.25) is 0 Å². The average Bonchev–Trinajstić information content (AvgIpc) is 3.20. The summed E-state index contributed by atoms with van der Waals surface area (Å²) in [6, 6.07) is 16.0. The minimum atomic E-state index is -0.371. The van der Waals surface area contributed by atoms with E-state index in [-0.39, 0.29) is 5.91 Å².